The largest absolute Gasteiger partial charge is 0.462 e. The first-order valence-electron chi connectivity index (χ1n) is 12.0. The number of rotatable bonds is 6. The van der Waals surface area contributed by atoms with Gasteiger partial charge < -0.3 is 18.9 Å². The minimum Gasteiger partial charge on any atom is -0.462 e. The van der Waals surface area contributed by atoms with E-state index in [0.29, 0.717) is 42.1 Å². The van der Waals surface area contributed by atoms with E-state index in [0.717, 1.165) is 6.42 Å². The standard InChI is InChI=1S/C24H34O7/c1-5-28-12(4)30-23(26)21-16-8-17(20-15-7-14(19(16)20)10(2)11(15)3)22(21)24(27)31-13-6-18(25)29-9-13/h10-17,19-22H,5-9H2,1-4H3. The SMILES string of the molecule is CCOC(C)OC(=O)C1C2CC(C1C(=O)OC1COC(=O)C1)C1C3CC(C(C)C3C)C21. The Morgan fingerprint density at radius 1 is 1.00 bits per heavy atom. The van der Waals surface area contributed by atoms with E-state index >= 15 is 0 Å². The Balaban J connectivity index is 1.40. The third-order valence-electron chi connectivity index (χ3n) is 9.34. The molecule has 12 atom stereocenters. The van der Waals surface area contributed by atoms with Gasteiger partial charge in [0.2, 0.25) is 0 Å². The maximum Gasteiger partial charge on any atom is 0.312 e. The van der Waals surface area contributed by atoms with E-state index in [1.807, 2.05) is 6.92 Å². The van der Waals surface area contributed by atoms with Crippen LogP contribution in [0, 0.1) is 59.2 Å². The molecule has 0 spiro atoms. The maximum absolute atomic E-state index is 13.3. The molecule has 4 bridgehead atoms. The van der Waals surface area contributed by atoms with Crippen molar-refractivity contribution in [3.8, 4) is 0 Å². The van der Waals surface area contributed by atoms with Crippen molar-refractivity contribution in [2.24, 2.45) is 59.2 Å². The van der Waals surface area contributed by atoms with Crippen molar-refractivity contribution in [2.75, 3.05) is 13.2 Å². The third-order valence-corrected chi connectivity index (χ3v) is 9.34. The lowest BCUT2D eigenvalue weighted by Crippen LogP contribution is -2.48. The van der Waals surface area contributed by atoms with Crippen LogP contribution >= 0.6 is 0 Å². The second-order valence-corrected chi connectivity index (χ2v) is 10.5. The second kappa shape index (κ2) is 7.75. The van der Waals surface area contributed by atoms with Crippen LogP contribution in [0.15, 0.2) is 0 Å². The summed E-state index contributed by atoms with van der Waals surface area (Å²) in [6.45, 7) is 8.83. The van der Waals surface area contributed by atoms with Gasteiger partial charge in [-0.2, -0.15) is 0 Å². The van der Waals surface area contributed by atoms with Crippen molar-refractivity contribution >= 4 is 17.9 Å². The highest BCUT2D eigenvalue weighted by atomic mass is 16.7. The van der Waals surface area contributed by atoms with Crippen LogP contribution in [0.5, 0.6) is 0 Å². The van der Waals surface area contributed by atoms with E-state index < -0.39 is 24.2 Å². The minimum absolute atomic E-state index is 0.0916. The summed E-state index contributed by atoms with van der Waals surface area (Å²) in [5.74, 6) is 1.89. The molecule has 1 aliphatic heterocycles. The van der Waals surface area contributed by atoms with Gasteiger partial charge in [0, 0.05) is 6.61 Å². The van der Waals surface area contributed by atoms with Crippen molar-refractivity contribution in [1.29, 1.82) is 0 Å². The fourth-order valence-corrected chi connectivity index (χ4v) is 8.21. The Kier molecular flexibility index (Phi) is 5.31. The topological polar surface area (TPSA) is 88.1 Å². The highest BCUT2D eigenvalue weighted by Gasteiger charge is 2.71. The molecule has 1 heterocycles. The van der Waals surface area contributed by atoms with Crippen molar-refractivity contribution in [3.05, 3.63) is 0 Å². The molecule has 5 rings (SSSR count). The maximum atomic E-state index is 13.3. The number of ether oxygens (including phenoxy) is 4. The number of cyclic esters (lactones) is 1. The molecule has 0 aromatic rings. The summed E-state index contributed by atoms with van der Waals surface area (Å²) in [5.41, 5.74) is 0. The molecule has 7 nitrogen and oxygen atoms in total. The molecule has 5 fully saturated rings. The molecule has 172 valence electrons. The van der Waals surface area contributed by atoms with Crippen LogP contribution in [0.3, 0.4) is 0 Å². The van der Waals surface area contributed by atoms with Gasteiger partial charge in [-0.15, -0.1) is 0 Å². The molecular formula is C24H34O7. The quantitative estimate of drug-likeness (QED) is 0.275. The van der Waals surface area contributed by atoms with Gasteiger partial charge in [0.15, 0.2) is 6.29 Å². The summed E-state index contributed by atoms with van der Waals surface area (Å²) >= 11 is 0. The molecule has 7 heteroatoms. The Bertz CT molecular complexity index is 765. The van der Waals surface area contributed by atoms with Crippen LogP contribution in [0.1, 0.15) is 47.0 Å². The lowest BCUT2D eigenvalue weighted by molar-refractivity contribution is -0.189. The Hall–Kier alpha value is -1.63. The summed E-state index contributed by atoms with van der Waals surface area (Å²) in [6, 6.07) is 0. The molecule has 0 N–H and O–H groups in total. The first-order valence-corrected chi connectivity index (χ1v) is 12.0. The lowest BCUT2D eigenvalue weighted by Gasteiger charge is -2.45. The van der Waals surface area contributed by atoms with Gasteiger partial charge in [0.1, 0.15) is 12.7 Å². The van der Waals surface area contributed by atoms with Gasteiger partial charge >= 0.3 is 17.9 Å². The zero-order valence-corrected chi connectivity index (χ0v) is 18.8. The summed E-state index contributed by atoms with van der Waals surface area (Å²) in [4.78, 5) is 38.1. The zero-order valence-electron chi connectivity index (χ0n) is 18.8. The predicted octanol–water partition coefficient (Wildman–Crippen LogP) is 2.81. The number of carbonyl (C=O) groups excluding carboxylic acids is 3. The highest BCUT2D eigenvalue weighted by Crippen LogP contribution is 2.72. The zero-order chi connectivity index (χ0) is 22.0. The van der Waals surface area contributed by atoms with Crippen LogP contribution < -0.4 is 0 Å². The van der Waals surface area contributed by atoms with Crippen molar-refractivity contribution in [2.45, 2.75) is 59.4 Å². The normalized spacial score (nSPS) is 47.9. The van der Waals surface area contributed by atoms with E-state index in [2.05, 4.69) is 13.8 Å². The van der Waals surface area contributed by atoms with Gasteiger partial charge in [0.25, 0.3) is 0 Å². The summed E-state index contributed by atoms with van der Waals surface area (Å²) in [5, 5.41) is 0. The Labute approximate surface area is 183 Å². The second-order valence-electron chi connectivity index (χ2n) is 10.5. The summed E-state index contributed by atoms with van der Waals surface area (Å²) < 4.78 is 21.7. The predicted molar refractivity (Wildman–Crippen MR) is 108 cm³/mol. The van der Waals surface area contributed by atoms with E-state index in [-0.39, 0.29) is 42.8 Å². The number of hydrogen-bond acceptors (Lipinski definition) is 7. The van der Waals surface area contributed by atoms with Gasteiger partial charge in [-0.1, -0.05) is 13.8 Å². The molecule has 0 amide bonds. The van der Waals surface area contributed by atoms with Crippen LogP contribution in [-0.4, -0.2) is 43.5 Å². The van der Waals surface area contributed by atoms with Crippen LogP contribution in [0.25, 0.3) is 0 Å². The molecule has 5 aliphatic rings. The number of hydrogen-bond donors (Lipinski definition) is 0. The minimum atomic E-state index is -0.635. The first kappa shape index (κ1) is 21.2. The monoisotopic (exact) mass is 434 g/mol. The molecule has 4 aliphatic carbocycles. The smallest absolute Gasteiger partial charge is 0.312 e. The molecule has 0 aromatic heterocycles. The van der Waals surface area contributed by atoms with E-state index in [9.17, 15) is 14.4 Å². The van der Waals surface area contributed by atoms with Crippen molar-refractivity contribution < 1.29 is 33.3 Å². The van der Waals surface area contributed by atoms with Gasteiger partial charge in [0.05, 0.1) is 18.3 Å². The van der Waals surface area contributed by atoms with Crippen molar-refractivity contribution in [1.82, 2.24) is 0 Å². The molecule has 31 heavy (non-hydrogen) atoms. The number of carbonyl (C=O) groups is 3. The molecule has 4 saturated carbocycles. The molecule has 0 radical (unpaired) electrons. The van der Waals surface area contributed by atoms with Crippen LogP contribution in [0.2, 0.25) is 0 Å². The average Bonchev–Trinajstić information content (AvgIpc) is 3.49. The van der Waals surface area contributed by atoms with E-state index in [1.165, 1.54) is 6.42 Å². The lowest BCUT2D eigenvalue weighted by atomic mass is 9.59. The third kappa shape index (κ3) is 3.21. The fraction of sp³-hybridized carbons (Fsp3) is 0.875. The van der Waals surface area contributed by atoms with Crippen LogP contribution in [0.4, 0.5) is 0 Å². The van der Waals surface area contributed by atoms with Crippen molar-refractivity contribution in [3.63, 3.8) is 0 Å². The first-order chi connectivity index (χ1) is 14.8. The van der Waals surface area contributed by atoms with Gasteiger partial charge in [-0.05, 0) is 74.0 Å². The van der Waals surface area contributed by atoms with Gasteiger partial charge in [-0.3, -0.25) is 14.4 Å². The van der Waals surface area contributed by atoms with E-state index in [1.54, 1.807) is 6.92 Å². The summed E-state index contributed by atoms with van der Waals surface area (Å²) in [6.07, 6.45) is 1.02. The molecule has 12 unspecified atom stereocenters. The fourth-order valence-electron chi connectivity index (χ4n) is 8.21. The Morgan fingerprint density at radius 3 is 2.13 bits per heavy atom. The molecular weight excluding hydrogens is 400 g/mol. The average molecular weight is 435 g/mol. The van der Waals surface area contributed by atoms with E-state index in [4.69, 9.17) is 18.9 Å². The molecule has 0 aromatic carbocycles. The number of fused-ring (bicyclic) bond motifs is 9. The number of esters is 3. The highest BCUT2D eigenvalue weighted by molar-refractivity contribution is 5.84. The Morgan fingerprint density at radius 2 is 1.58 bits per heavy atom. The summed E-state index contributed by atoms with van der Waals surface area (Å²) in [7, 11) is 0. The van der Waals surface area contributed by atoms with Gasteiger partial charge in [-0.25, -0.2) is 0 Å². The van der Waals surface area contributed by atoms with Crippen LogP contribution in [-0.2, 0) is 33.3 Å². The molecule has 1 saturated heterocycles.